The molecule has 11 heteroatoms. The van der Waals surface area contributed by atoms with E-state index in [1.807, 2.05) is 0 Å². The lowest BCUT2D eigenvalue weighted by atomic mass is 9.98. The summed E-state index contributed by atoms with van der Waals surface area (Å²) in [5.74, 6) is -1.55. The number of ether oxygens (including phenoxy) is 1. The quantitative estimate of drug-likeness (QED) is 0.642. The predicted molar refractivity (Wildman–Crippen MR) is 112 cm³/mol. The zero-order valence-electron chi connectivity index (χ0n) is 15.1. The lowest BCUT2D eigenvalue weighted by Crippen LogP contribution is -2.40. The summed E-state index contributed by atoms with van der Waals surface area (Å²) in [5.41, 5.74) is 0.254. The van der Waals surface area contributed by atoms with Gasteiger partial charge in [0, 0.05) is 13.1 Å². The number of amides is 1. The number of esters is 1. The molecule has 1 saturated heterocycles. The Labute approximate surface area is 182 Å². The SMILES string of the molecule is O=C(COC(=O)C1CCN(S(=O)(=O)c2cccs2)CC1)Nc1c(Cl)cccc1Cl. The Balaban J connectivity index is 1.48. The monoisotopic (exact) mass is 476 g/mol. The second-order valence-corrected chi connectivity index (χ2v) is 10.3. The van der Waals surface area contributed by atoms with E-state index in [2.05, 4.69) is 5.32 Å². The van der Waals surface area contributed by atoms with Gasteiger partial charge in [0.15, 0.2) is 6.61 Å². The van der Waals surface area contributed by atoms with E-state index >= 15 is 0 Å². The van der Waals surface area contributed by atoms with Crippen LogP contribution in [0.3, 0.4) is 0 Å². The predicted octanol–water partition coefficient (Wildman–Crippen LogP) is 3.64. The summed E-state index contributed by atoms with van der Waals surface area (Å²) in [7, 11) is -3.53. The second kappa shape index (κ2) is 9.44. The minimum Gasteiger partial charge on any atom is -0.455 e. The van der Waals surface area contributed by atoms with Crippen LogP contribution in [-0.4, -0.2) is 44.3 Å². The van der Waals surface area contributed by atoms with Gasteiger partial charge in [0.05, 0.1) is 21.7 Å². The first-order valence-corrected chi connectivity index (χ1v) is 11.8. The fraction of sp³-hybridized carbons (Fsp3) is 0.333. The van der Waals surface area contributed by atoms with Gasteiger partial charge in [-0.05, 0) is 36.4 Å². The molecule has 0 bridgehead atoms. The van der Waals surface area contributed by atoms with Gasteiger partial charge in [0.25, 0.3) is 15.9 Å². The van der Waals surface area contributed by atoms with Crippen molar-refractivity contribution in [3.63, 3.8) is 0 Å². The fourth-order valence-corrected chi connectivity index (χ4v) is 6.02. The zero-order valence-corrected chi connectivity index (χ0v) is 18.3. The molecule has 1 aliphatic rings. The van der Waals surface area contributed by atoms with Crippen LogP contribution >= 0.6 is 34.5 Å². The summed E-state index contributed by atoms with van der Waals surface area (Å²) >= 11 is 13.1. The van der Waals surface area contributed by atoms with Crippen molar-refractivity contribution in [3.8, 4) is 0 Å². The highest BCUT2D eigenvalue weighted by Crippen LogP contribution is 2.30. The highest BCUT2D eigenvalue weighted by molar-refractivity contribution is 7.91. The molecule has 1 aromatic carbocycles. The van der Waals surface area contributed by atoms with E-state index < -0.39 is 34.4 Å². The van der Waals surface area contributed by atoms with Crippen LogP contribution < -0.4 is 5.32 Å². The first kappa shape index (κ1) is 22.0. The van der Waals surface area contributed by atoms with Crippen molar-refractivity contribution in [2.45, 2.75) is 17.1 Å². The molecule has 1 fully saturated rings. The zero-order chi connectivity index (χ0) is 21.0. The third-order valence-electron chi connectivity index (χ3n) is 4.45. The van der Waals surface area contributed by atoms with Crippen molar-refractivity contribution in [1.29, 1.82) is 0 Å². The Kier molecular flexibility index (Phi) is 7.18. The third-order valence-corrected chi connectivity index (χ3v) is 8.35. The Bertz CT molecular complexity index is 967. The number of anilines is 1. The number of benzene rings is 1. The minimum atomic E-state index is -3.53. The van der Waals surface area contributed by atoms with Crippen LogP contribution in [0.2, 0.25) is 10.0 Å². The molecule has 1 aliphatic heterocycles. The Hall–Kier alpha value is -1.65. The van der Waals surface area contributed by atoms with Gasteiger partial charge >= 0.3 is 5.97 Å². The Morgan fingerprint density at radius 2 is 1.79 bits per heavy atom. The lowest BCUT2D eigenvalue weighted by Gasteiger charge is -2.29. The Morgan fingerprint density at radius 3 is 2.38 bits per heavy atom. The largest absolute Gasteiger partial charge is 0.455 e. The molecule has 0 unspecified atom stereocenters. The number of nitrogens with zero attached hydrogens (tertiary/aromatic N) is 1. The van der Waals surface area contributed by atoms with Crippen LogP contribution in [0.5, 0.6) is 0 Å². The van der Waals surface area contributed by atoms with Crippen LogP contribution in [0.4, 0.5) is 5.69 Å². The maximum absolute atomic E-state index is 12.5. The van der Waals surface area contributed by atoms with Crippen molar-refractivity contribution in [2.24, 2.45) is 5.92 Å². The summed E-state index contributed by atoms with van der Waals surface area (Å²) in [6.45, 7) is -0.0308. The maximum Gasteiger partial charge on any atom is 0.309 e. The van der Waals surface area contributed by atoms with Gasteiger partial charge in [0.2, 0.25) is 0 Å². The lowest BCUT2D eigenvalue weighted by molar-refractivity contribution is -0.152. The van der Waals surface area contributed by atoms with E-state index in [0.29, 0.717) is 12.8 Å². The van der Waals surface area contributed by atoms with E-state index in [1.165, 1.54) is 4.31 Å². The van der Waals surface area contributed by atoms with E-state index in [9.17, 15) is 18.0 Å². The summed E-state index contributed by atoms with van der Waals surface area (Å²) in [6, 6.07) is 8.04. The molecule has 1 N–H and O–H groups in total. The van der Waals surface area contributed by atoms with Crippen molar-refractivity contribution in [3.05, 3.63) is 45.8 Å². The van der Waals surface area contributed by atoms with E-state index in [4.69, 9.17) is 27.9 Å². The van der Waals surface area contributed by atoms with Crippen molar-refractivity contribution < 1.29 is 22.7 Å². The van der Waals surface area contributed by atoms with Crippen LogP contribution in [-0.2, 0) is 24.3 Å². The number of piperidine rings is 1. The number of para-hydroxylation sites is 1. The van der Waals surface area contributed by atoms with E-state index in [1.54, 1.807) is 35.7 Å². The first-order valence-electron chi connectivity index (χ1n) is 8.73. The number of rotatable bonds is 6. The molecule has 0 radical (unpaired) electrons. The molecule has 1 amide bonds. The standard InChI is InChI=1S/C18H18Cl2N2O5S2/c19-13-3-1-4-14(20)17(13)21-15(23)11-27-18(24)12-6-8-22(9-7-12)29(25,26)16-5-2-10-28-16/h1-5,10,12H,6-9,11H2,(H,21,23). The molecule has 7 nitrogen and oxygen atoms in total. The van der Waals surface area contributed by atoms with Gasteiger partial charge in [-0.15, -0.1) is 11.3 Å². The number of hydrogen-bond donors (Lipinski definition) is 1. The van der Waals surface area contributed by atoms with Crippen molar-refractivity contribution >= 4 is 62.1 Å². The number of thiophene rings is 1. The van der Waals surface area contributed by atoms with Gasteiger partial charge in [-0.25, -0.2) is 8.42 Å². The van der Waals surface area contributed by atoms with E-state index in [0.717, 1.165) is 11.3 Å². The van der Waals surface area contributed by atoms with Crippen molar-refractivity contribution in [1.82, 2.24) is 4.31 Å². The molecule has 29 heavy (non-hydrogen) atoms. The molecule has 2 aromatic rings. The second-order valence-electron chi connectivity index (χ2n) is 6.36. The summed E-state index contributed by atoms with van der Waals surface area (Å²) < 4.78 is 31.8. The summed E-state index contributed by atoms with van der Waals surface area (Å²) in [4.78, 5) is 24.3. The molecule has 0 saturated carbocycles. The summed E-state index contributed by atoms with van der Waals surface area (Å²) in [6.07, 6.45) is 0.669. The smallest absolute Gasteiger partial charge is 0.309 e. The molecule has 1 aromatic heterocycles. The maximum atomic E-state index is 12.5. The van der Waals surface area contributed by atoms with Crippen LogP contribution in [0.25, 0.3) is 0 Å². The minimum absolute atomic E-state index is 0.224. The van der Waals surface area contributed by atoms with Gasteiger partial charge < -0.3 is 10.1 Å². The summed E-state index contributed by atoms with van der Waals surface area (Å²) in [5, 5.41) is 4.77. The average Bonchev–Trinajstić information content (AvgIpc) is 3.25. The first-order chi connectivity index (χ1) is 13.8. The molecule has 0 atom stereocenters. The highest BCUT2D eigenvalue weighted by Gasteiger charge is 2.33. The highest BCUT2D eigenvalue weighted by atomic mass is 35.5. The topological polar surface area (TPSA) is 92.8 Å². The number of carbonyl (C=O) groups excluding carboxylic acids is 2. The molecular weight excluding hydrogens is 459 g/mol. The number of carbonyl (C=O) groups is 2. The van der Waals surface area contributed by atoms with E-state index in [-0.39, 0.29) is 33.0 Å². The molecule has 3 rings (SSSR count). The molecule has 156 valence electrons. The number of halogens is 2. The molecule has 2 heterocycles. The van der Waals surface area contributed by atoms with Crippen molar-refractivity contribution in [2.75, 3.05) is 25.0 Å². The van der Waals surface area contributed by atoms with Crippen LogP contribution in [0.1, 0.15) is 12.8 Å². The number of nitrogens with one attached hydrogen (secondary N) is 1. The van der Waals surface area contributed by atoms with Gasteiger partial charge in [-0.2, -0.15) is 4.31 Å². The normalized spacial score (nSPS) is 15.8. The number of hydrogen-bond acceptors (Lipinski definition) is 6. The average molecular weight is 477 g/mol. The molecular formula is C18H18Cl2N2O5S2. The van der Waals surface area contributed by atoms with Gasteiger partial charge in [-0.3, -0.25) is 9.59 Å². The fourth-order valence-electron chi connectivity index (χ4n) is 2.92. The van der Waals surface area contributed by atoms with Gasteiger partial charge in [0.1, 0.15) is 4.21 Å². The van der Waals surface area contributed by atoms with Crippen LogP contribution in [0.15, 0.2) is 39.9 Å². The molecule has 0 spiro atoms. The van der Waals surface area contributed by atoms with Gasteiger partial charge in [-0.1, -0.05) is 35.3 Å². The number of sulfonamides is 1. The Morgan fingerprint density at radius 1 is 1.14 bits per heavy atom. The third kappa shape index (κ3) is 5.29. The van der Waals surface area contributed by atoms with Crippen LogP contribution in [0, 0.1) is 5.92 Å². The molecule has 0 aliphatic carbocycles.